The molecule has 162 valence electrons. The predicted molar refractivity (Wildman–Crippen MR) is 116 cm³/mol. The summed E-state index contributed by atoms with van der Waals surface area (Å²) >= 11 is 0. The van der Waals surface area contributed by atoms with E-state index >= 15 is 0 Å². The average molecular weight is 422 g/mol. The van der Waals surface area contributed by atoms with E-state index in [0.717, 1.165) is 38.0 Å². The molecule has 0 atom stereocenters. The summed E-state index contributed by atoms with van der Waals surface area (Å²) in [7, 11) is 3.30. The number of hydrogen-bond donors (Lipinski definition) is 0. The van der Waals surface area contributed by atoms with Crippen molar-refractivity contribution < 1.29 is 19.1 Å². The number of amides is 2. The smallest absolute Gasteiger partial charge is 0.255 e. The van der Waals surface area contributed by atoms with Crippen molar-refractivity contribution in [1.82, 2.24) is 14.8 Å². The predicted octanol–water partition coefficient (Wildman–Crippen LogP) is 2.75. The maximum atomic E-state index is 12.8. The van der Waals surface area contributed by atoms with Crippen molar-refractivity contribution in [3.63, 3.8) is 0 Å². The van der Waals surface area contributed by atoms with Crippen LogP contribution in [0, 0.1) is 0 Å². The normalized spacial score (nSPS) is 15.7. The maximum absolute atomic E-state index is 12.8. The Kier molecular flexibility index (Phi) is 5.88. The molecule has 0 saturated carbocycles. The number of aldehydes is 1. The molecule has 31 heavy (non-hydrogen) atoms. The maximum Gasteiger partial charge on any atom is 0.255 e. The quantitative estimate of drug-likeness (QED) is 0.705. The van der Waals surface area contributed by atoms with Crippen molar-refractivity contribution in [2.75, 3.05) is 45.2 Å². The first-order chi connectivity index (χ1) is 15.0. The number of rotatable bonds is 4. The van der Waals surface area contributed by atoms with Crippen LogP contribution in [0.25, 0.3) is 0 Å². The number of aromatic nitrogens is 1. The Hall–Kier alpha value is -3.42. The summed E-state index contributed by atoms with van der Waals surface area (Å²) in [6.07, 6.45) is 5.49. The zero-order valence-electron chi connectivity index (χ0n) is 17.8. The summed E-state index contributed by atoms with van der Waals surface area (Å²) in [5.41, 5.74) is 1.93. The zero-order chi connectivity index (χ0) is 22.0. The van der Waals surface area contributed by atoms with Crippen molar-refractivity contribution in [3.05, 3.63) is 47.2 Å². The molecule has 0 unspecified atom stereocenters. The lowest BCUT2D eigenvalue weighted by Crippen LogP contribution is -2.36. The number of pyridine rings is 1. The Morgan fingerprint density at radius 1 is 1.10 bits per heavy atom. The van der Waals surface area contributed by atoms with Crippen LogP contribution in [0.3, 0.4) is 0 Å². The third-order valence-corrected chi connectivity index (χ3v) is 5.66. The SMILES string of the molecule is CN(C)C(=O)c1ccc(N2CCOc3cc(C(=O)N4CCCCC4)cnc32)cc1C=O. The first-order valence-electron chi connectivity index (χ1n) is 10.5. The van der Waals surface area contributed by atoms with Crippen molar-refractivity contribution in [1.29, 1.82) is 0 Å². The summed E-state index contributed by atoms with van der Waals surface area (Å²) < 4.78 is 5.80. The van der Waals surface area contributed by atoms with Gasteiger partial charge >= 0.3 is 0 Å². The third kappa shape index (κ3) is 4.10. The van der Waals surface area contributed by atoms with E-state index in [1.54, 1.807) is 44.6 Å². The lowest BCUT2D eigenvalue weighted by molar-refractivity contribution is 0.0723. The van der Waals surface area contributed by atoms with Gasteiger partial charge in [0.05, 0.1) is 17.7 Å². The van der Waals surface area contributed by atoms with Crippen LogP contribution in [0.1, 0.15) is 50.3 Å². The topological polar surface area (TPSA) is 83.1 Å². The lowest BCUT2D eigenvalue weighted by Gasteiger charge is -2.31. The minimum Gasteiger partial charge on any atom is -0.488 e. The highest BCUT2D eigenvalue weighted by Gasteiger charge is 2.26. The van der Waals surface area contributed by atoms with Gasteiger partial charge in [0, 0.05) is 44.6 Å². The van der Waals surface area contributed by atoms with Crippen molar-refractivity contribution in [2.45, 2.75) is 19.3 Å². The highest BCUT2D eigenvalue weighted by molar-refractivity contribution is 6.02. The third-order valence-electron chi connectivity index (χ3n) is 5.66. The van der Waals surface area contributed by atoms with Gasteiger partial charge in [0.25, 0.3) is 11.8 Å². The van der Waals surface area contributed by atoms with E-state index in [2.05, 4.69) is 4.98 Å². The van der Waals surface area contributed by atoms with Gasteiger partial charge in [-0.05, 0) is 43.5 Å². The second kappa shape index (κ2) is 8.75. The molecule has 1 aromatic carbocycles. The van der Waals surface area contributed by atoms with E-state index in [0.29, 0.717) is 47.7 Å². The number of fused-ring (bicyclic) bond motifs is 1. The number of carbonyl (C=O) groups is 3. The Labute approximate surface area is 181 Å². The number of piperidine rings is 1. The van der Waals surface area contributed by atoms with Crippen molar-refractivity contribution in [2.24, 2.45) is 0 Å². The standard InChI is InChI=1S/C23H26N4O4/c1-25(2)23(30)19-7-6-18(12-17(19)15-28)27-10-11-31-20-13-16(14-24-21(20)27)22(29)26-8-4-3-5-9-26/h6-7,12-15H,3-5,8-11H2,1-2H3. The average Bonchev–Trinajstić information content (AvgIpc) is 2.82. The van der Waals surface area contributed by atoms with Gasteiger partial charge in [-0.2, -0.15) is 0 Å². The molecule has 2 aliphatic rings. The number of hydrogen-bond acceptors (Lipinski definition) is 6. The fourth-order valence-corrected chi connectivity index (χ4v) is 4.00. The van der Waals surface area contributed by atoms with Gasteiger partial charge in [-0.3, -0.25) is 14.4 Å². The van der Waals surface area contributed by atoms with Gasteiger partial charge in [0.15, 0.2) is 17.9 Å². The van der Waals surface area contributed by atoms with Crippen molar-refractivity contribution in [3.8, 4) is 5.75 Å². The summed E-state index contributed by atoms with van der Waals surface area (Å²) in [5.74, 6) is 0.876. The number of carbonyl (C=O) groups excluding carboxylic acids is 3. The van der Waals surface area contributed by atoms with Gasteiger partial charge in [0.1, 0.15) is 6.61 Å². The van der Waals surface area contributed by atoms with Crippen LogP contribution in [0.15, 0.2) is 30.5 Å². The van der Waals surface area contributed by atoms with Gasteiger partial charge in [-0.25, -0.2) is 4.98 Å². The number of anilines is 2. The molecule has 8 nitrogen and oxygen atoms in total. The van der Waals surface area contributed by atoms with E-state index in [4.69, 9.17) is 4.74 Å². The lowest BCUT2D eigenvalue weighted by atomic mass is 10.1. The van der Waals surface area contributed by atoms with E-state index in [-0.39, 0.29) is 11.8 Å². The molecular weight excluding hydrogens is 396 g/mol. The van der Waals surface area contributed by atoms with Crippen LogP contribution >= 0.6 is 0 Å². The molecule has 2 aliphatic heterocycles. The molecule has 0 aliphatic carbocycles. The summed E-state index contributed by atoms with van der Waals surface area (Å²) in [6, 6.07) is 6.89. The molecule has 2 aromatic rings. The molecule has 0 spiro atoms. The van der Waals surface area contributed by atoms with E-state index in [1.807, 2.05) is 9.80 Å². The fraction of sp³-hybridized carbons (Fsp3) is 0.391. The van der Waals surface area contributed by atoms with Gasteiger partial charge in [0.2, 0.25) is 0 Å². The molecule has 0 bridgehead atoms. The van der Waals surface area contributed by atoms with Crippen LogP contribution in [-0.2, 0) is 0 Å². The molecule has 8 heteroatoms. The Bertz CT molecular complexity index is 1010. The number of likely N-dealkylation sites (tertiary alicyclic amines) is 1. The molecule has 4 rings (SSSR count). The van der Waals surface area contributed by atoms with Gasteiger partial charge < -0.3 is 19.4 Å². The van der Waals surface area contributed by atoms with E-state index in [1.165, 1.54) is 4.90 Å². The van der Waals surface area contributed by atoms with Crippen LogP contribution in [-0.4, -0.2) is 73.2 Å². The minimum absolute atomic E-state index is 0.0227. The Balaban J connectivity index is 1.63. The second-order valence-electron chi connectivity index (χ2n) is 7.99. The van der Waals surface area contributed by atoms with Crippen molar-refractivity contribution >= 4 is 29.6 Å². The molecule has 1 saturated heterocycles. The highest BCUT2D eigenvalue weighted by atomic mass is 16.5. The number of ether oxygens (including phenoxy) is 1. The Morgan fingerprint density at radius 3 is 2.58 bits per heavy atom. The summed E-state index contributed by atoms with van der Waals surface area (Å²) in [5, 5.41) is 0. The summed E-state index contributed by atoms with van der Waals surface area (Å²) in [4.78, 5) is 46.5. The van der Waals surface area contributed by atoms with Crippen LogP contribution in [0.4, 0.5) is 11.5 Å². The molecule has 0 radical (unpaired) electrons. The first-order valence-corrected chi connectivity index (χ1v) is 10.5. The van der Waals surface area contributed by atoms with Gasteiger partial charge in [-0.1, -0.05) is 0 Å². The molecule has 2 amide bonds. The van der Waals surface area contributed by atoms with E-state index < -0.39 is 0 Å². The largest absolute Gasteiger partial charge is 0.488 e. The minimum atomic E-state index is -0.227. The second-order valence-corrected chi connectivity index (χ2v) is 7.99. The highest BCUT2D eigenvalue weighted by Crippen LogP contribution is 2.36. The molecular formula is C23H26N4O4. The zero-order valence-corrected chi connectivity index (χ0v) is 17.8. The molecule has 3 heterocycles. The number of nitrogens with zero attached hydrogens (tertiary/aromatic N) is 4. The molecule has 0 N–H and O–H groups in total. The van der Waals surface area contributed by atoms with Gasteiger partial charge in [-0.15, -0.1) is 0 Å². The van der Waals surface area contributed by atoms with Crippen LogP contribution in [0.5, 0.6) is 5.75 Å². The molecule has 1 fully saturated rings. The fourth-order valence-electron chi connectivity index (χ4n) is 4.00. The van der Waals surface area contributed by atoms with Crippen LogP contribution in [0.2, 0.25) is 0 Å². The first kappa shape index (κ1) is 20.8. The summed E-state index contributed by atoms with van der Waals surface area (Å²) in [6.45, 7) is 2.51. The van der Waals surface area contributed by atoms with E-state index in [9.17, 15) is 14.4 Å². The monoisotopic (exact) mass is 422 g/mol. The Morgan fingerprint density at radius 2 is 1.87 bits per heavy atom. The van der Waals surface area contributed by atoms with Crippen LogP contribution < -0.4 is 9.64 Å². The number of benzene rings is 1. The molecule has 1 aromatic heterocycles.